The molecular weight excluding hydrogens is 352 g/mol. The Labute approximate surface area is 154 Å². The molecule has 2 rings (SSSR count). The maximum absolute atomic E-state index is 12.8. The molecule has 0 aromatic heterocycles. The standard InChI is InChI=1S/C19H24N2O4S/c1-13-10-14(2)18(15(3)11-13)21-26(23,24)17-7-5-6-16(12-17)19(22)20-8-9-25-4/h5-7,10-12,21H,8-9H2,1-4H3,(H,20,22). The highest BCUT2D eigenvalue weighted by Crippen LogP contribution is 2.25. The average molecular weight is 376 g/mol. The molecule has 0 aliphatic carbocycles. The zero-order chi connectivity index (χ0) is 19.3. The van der Waals surface area contributed by atoms with Gasteiger partial charge in [-0.2, -0.15) is 0 Å². The number of hydrogen-bond acceptors (Lipinski definition) is 4. The molecule has 0 fully saturated rings. The number of hydrogen-bond donors (Lipinski definition) is 2. The first-order valence-electron chi connectivity index (χ1n) is 8.22. The summed E-state index contributed by atoms with van der Waals surface area (Å²) in [5.41, 5.74) is 3.60. The van der Waals surface area contributed by atoms with Gasteiger partial charge in [0.25, 0.3) is 15.9 Å². The number of anilines is 1. The monoisotopic (exact) mass is 376 g/mol. The van der Waals surface area contributed by atoms with E-state index in [0.717, 1.165) is 16.7 Å². The van der Waals surface area contributed by atoms with Crippen molar-refractivity contribution in [1.82, 2.24) is 5.32 Å². The first kappa shape index (κ1) is 19.9. The Hall–Kier alpha value is -2.38. The van der Waals surface area contributed by atoms with Gasteiger partial charge in [0.05, 0.1) is 17.2 Å². The molecule has 1 amide bonds. The third-order valence-electron chi connectivity index (χ3n) is 3.91. The number of sulfonamides is 1. The molecule has 0 aliphatic rings. The molecule has 0 radical (unpaired) electrons. The molecule has 140 valence electrons. The van der Waals surface area contributed by atoms with Crippen LogP contribution in [0.25, 0.3) is 0 Å². The van der Waals surface area contributed by atoms with E-state index in [9.17, 15) is 13.2 Å². The first-order valence-corrected chi connectivity index (χ1v) is 9.71. The van der Waals surface area contributed by atoms with Gasteiger partial charge in [0.15, 0.2) is 0 Å². The van der Waals surface area contributed by atoms with Gasteiger partial charge in [-0.1, -0.05) is 23.8 Å². The van der Waals surface area contributed by atoms with Crippen molar-refractivity contribution in [3.8, 4) is 0 Å². The number of aryl methyl sites for hydroxylation is 3. The van der Waals surface area contributed by atoms with Crippen LogP contribution in [-0.2, 0) is 14.8 Å². The van der Waals surface area contributed by atoms with Gasteiger partial charge in [0.1, 0.15) is 0 Å². The lowest BCUT2D eigenvalue weighted by Gasteiger charge is -2.15. The Bertz CT molecular complexity index is 885. The maximum Gasteiger partial charge on any atom is 0.261 e. The van der Waals surface area contributed by atoms with E-state index >= 15 is 0 Å². The van der Waals surface area contributed by atoms with Crippen molar-refractivity contribution in [2.45, 2.75) is 25.7 Å². The number of rotatable bonds is 7. The molecule has 0 bridgehead atoms. The van der Waals surface area contributed by atoms with Crippen molar-refractivity contribution < 1.29 is 17.9 Å². The van der Waals surface area contributed by atoms with E-state index in [0.29, 0.717) is 18.8 Å². The van der Waals surface area contributed by atoms with Crippen LogP contribution in [-0.4, -0.2) is 34.6 Å². The SMILES string of the molecule is COCCNC(=O)c1cccc(S(=O)(=O)Nc2c(C)cc(C)cc2C)c1. The second-order valence-corrected chi connectivity index (χ2v) is 7.84. The van der Waals surface area contributed by atoms with E-state index in [4.69, 9.17) is 4.74 Å². The number of ether oxygens (including phenoxy) is 1. The fourth-order valence-electron chi connectivity index (χ4n) is 2.71. The highest BCUT2D eigenvalue weighted by atomic mass is 32.2. The topological polar surface area (TPSA) is 84.5 Å². The van der Waals surface area contributed by atoms with Gasteiger partial charge in [-0.15, -0.1) is 0 Å². The maximum atomic E-state index is 12.8. The van der Waals surface area contributed by atoms with Crippen molar-refractivity contribution >= 4 is 21.6 Å². The molecule has 0 unspecified atom stereocenters. The van der Waals surface area contributed by atoms with Gasteiger partial charge in [-0.25, -0.2) is 8.42 Å². The Balaban J connectivity index is 2.27. The number of methoxy groups -OCH3 is 1. The fourth-order valence-corrected chi connectivity index (χ4v) is 3.96. The lowest BCUT2D eigenvalue weighted by atomic mass is 10.1. The van der Waals surface area contributed by atoms with E-state index in [1.54, 1.807) is 19.2 Å². The van der Waals surface area contributed by atoms with Crippen molar-refractivity contribution in [3.63, 3.8) is 0 Å². The summed E-state index contributed by atoms with van der Waals surface area (Å²) in [6.07, 6.45) is 0. The van der Waals surface area contributed by atoms with E-state index in [1.807, 2.05) is 32.9 Å². The summed E-state index contributed by atoms with van der Waals surface area (Å²) >= 11 is 0. The third kappa shape index (κ3) is 4.83. The summed E-state index contributed by atoms with van der Waals surface area (Å²) < 4.78 is 33.0. The largest absolute Gasteiger partial charge is 0.383 e. The molecule has 26 heavy (non-hydrogen) atoms. The summed E-state index contributed by atoms with van der Waals surface area (Å²) in [7, 11) is -2.27. The average Bonchev–Trinajstić information content (AvgIpc) is 2.58. The van der Waals surface area contributed by atoms with Gasteiger partial charge in [0.2, 0.25) is 0 Å². The second-order valence-electron chi connectivity index (χ2n) is 6.16. The number of carbonyl (C=O) groups is 1. The van der Waals surface area contributed by atoms with Gasteiger partial charge in [-0.05, 0) is 50.1 Å². The molecule has 0 aliphatic heterocycles. The summed E-state index contributed by atoms with van der Waals surface area (Å²) in [6.45, 7) is 6.42. The van der Waals surface area contributed by atoms with Gasteiger partial charge < -0.3 is 10.1 Å². The molecule has 7 heteroatoms. The lowest BCUT2D eigenvalue weighted by molar-refractivity contribution is 0.0937. The minimum absolute atomic E-state index is 0.0382. The van der Waals surface area contributed by atoms with Crippen LogP contribution in [0.4, 0.5) is 5.69 Å². The van der Waals surface area contributed by atoms with E-state index in [1.165, 1.54) is 12.1 Å². The lowest BCUT2D eigenvalue weighted by Crippen LogP contribution is -2.27. The molecule has 0 heterocycles. The van der Waals surface area contributed by atoms with Crippen LogP contribution in [0.2, 0.25) is 0 Å². The number of benzene rings is 2. The van der Waals surface area contributed by atoms with E-state index in [-0.39, 0.29) is 16.4 Å². The van der Waals surface area contributed by atoms with E-state index in [2.05, 4.69) is 10.0 Å². The Kier molecular flexibility index (Phi) is 6.39. The summed E-state index contributed by atoms with van der Waals surface area (Å²) in [4.78, 5) is 12.2. The predicted molar refractivity (Wildman–Crippen MR) is 102 cm³/mol. The molecule has 2 aromatic carbocycles. The fraction of sp³-hybridized carbons (Fsp3) is 0.316. The van der Waals surface area contributed by atoms with E-state index < -0.39 is 10.0 Å². The highest BCUT2D eigenvalue weighted by Gasteiger charge is 2.18. The van der Waals surface area contributed by atoms with Crippen LogP contribution in [0.3, 0.4) is 0 Å². The van der Waals surface area contributed by atoms with Crippen molar-refractivity contribution in [2.75, 3.05) is 25.0 Å². The minimum Gasteiger partial charge on any atom is -0.383 e. The smallest absolute Gasteiger partial charge is 0.261 e. The zero-order valence-corrected chi connectivity index (χ0v) is 16.2. The third-order valence-corrected chi connectivity index (χ3v) is 5.26. The quantitative estimate of drug-likeness (QED) is 0.728. The molecule has 0 saturated heterocycles. The molecular formula is C19H24N2O4S. The van der Waals surface area contributed by atoms with Crippen molar-refractivity contribution in [3.05, 3.63) is 58.7 Å². The molecule has 2 aromatic rings. The molecule has 6 nitrogen and oxygen atoms in total. The van der Waals surface area contributed by atoms with Gasteiger partial charge >= 0.3 is 0 Å². The number of carbonyl (C=O) groups excluding carboxylic acids is 1. The van der Waals surface area contributed by atoms with Crippen LogP contribution >= 0.6 is 0 Å². The summed E-state index contributed by atoms with van der Waals surface area (Å²) in [5.74, 6) is -0.346. The summed E-state index contributed by atoms with van der Waals surface area (Å²) in [6, 6.07) is 9.80. The van der Waals surface area contributed by atoms with Crippen LogP contribution in [0.5, 0.6) is 0 Å². The van der Waals surface area contributed by atoms with Crippen LogP contribution in [0.1, 0.15) is 27.0 Å². The van der Waals surface area contributed by atoms with Gasteiger partial charge in [-0.3, -0.25) is 9.52 Å². The zero-order valence-electron chi connectivity index (χ0n) is 15.4. The number of nitrogens with one attached hydrogen (secondary N) is 2. The number of amides is 1. The Morgan fingerprint density at radius 3 is 2.35 bits per heavy atom. The molecule has 0 atom stereocenters. The summed E-state index contributed by atoms with van der Waals surface area (Å²) in [5, 5.41) is 2.67. The van der Waals surface area contributed by atoms with Crippen LogP contribution < -0.4 is 10.0 Å². The molecule has 2 N–H and O–H groups in total. The Morgan fingerprint density at radius 1 is 1.08 bits per heavy atom. The second kappa shape index (κ2) is 8.33. The predicted octanol–water partition coefficient (Wildman–Crippen LogP) is 2.79. The molecule has 0 saturated carbocycles. The van der Waals surface area contributed by atoms with Gasteiger partial charge in [0, 0.05) is 19.2 Å². The first-order chi connectivity index (χ1) is 12.2. The normalized spacial score (nSPS) is 11.2. The van der Waals surface area contributed by atoms with Crippen molar-refractivity contribution in [2.24, 2.45) is 0 Å². The highest BCUT2D eigenvalue weighted by molar-refractivity contribution is 7.92. The van der Waals surface area contributed by atoms with Crippen LogP contribution in [0, 0.1) is 20.8 Å². The molecule has 0 spiro atoms. The van der Waals surface area contributed by atoms with Crippen LogP contribution in [0.15, 0.2) is 41.3 Å². The van der Waals surface area contributed by atoms with Crippen molar-refractivity contribution in [1.29, 1.82) is 0 Å². The Morgan fingerprint density at radius 2 is 1.73 bits per heavy atom. The minimum atomic E-state index is -3.81.